The third-order valence-corrected chi connectivity index (χ3v) is 5.73. The van der Waals surface area contributed by atoms with Gasteiger partial charge in [0.2, 0.25) is 0 Å². The minimum Gasteiger partial charge on any atom is -0.497 e. The van der Waals surface area contributed by atoms with E-state index >= 15 is 0 Å². The molecule has 1 aliphatic rings. The number of benzene rings is 2. The van der Waals surface area contributed by atoms with Gasteiger partial charge in [-0.15, -0.1) is 0 Å². The van der Waals surface area contributed by atoms with Crippen LogP contribution < -0.4 is 19.5 Å². The molecule has 0 aliphatic carbocycles. The van der Waals surface area contributed by atoms with Gasteiger partial charge in [0.25, 0.3) is 0 Å². The van der Waals surface area contributed by atoms with Crippen LogP contribution in [0.5, 0.6) is 17.2 Å². The zero-order chi connectivity index (χ0) is 24.8. The van der Waals surface area contributed by atoms with Crippen molar-refractivity contribution in [1.82, 2.24) is 10.2 Å². The summed E-state index contributed by atoms with van der Waals surface area (Å²) in [7, 11) is 4.68. The first kappa shape index (κ1) is 25.0. The van der Waals surface area contributed by atoms with E-state index in [1.54, 1.807) is 39.3 Å². The van der Waals surface area contributed by atoms with Gasteiger partial charge in [-0.2, -0.15) is 0 Å². The second kappa shape index (κ2) is 11.0. The first-order valence-corrected chi connectivity index (χ1v) is 11.2. The summed E-state index contributed by atoms with van der Waals surface area (Å²) >= 11 is 0. The largest absolute Gasteiger partial charge is 0.497 e. The molecule has 0 fully saturated rings. The molecule has 0 bridgehead atoms. The Morgan fingerprint density at radius 1 is 1.09 bits per heavy atom. The minimum absolute atomic E-state index is 0.00455. The number of hydrogen-bond acceptors (Lipinski definition) is 6. The Kier molecular flexibility index (Phi) is 8.04. The van der Waals surface area contributed by atoms with Gasteiger partial charge in [-0.25, -0.2) is 9.59 Å². The lowest BCUT2D eigenvalue weighted by atomic mass is 9.93. The lowest BCUT2D eigenvalue weighted by molar-refractivity contribution is -0.139. The quantitative estimate of drug-likeness (QED) is 0.549. The van der Waals surface area contributed by atoms with Crippen LogP contribution in [0.1, 0.15) is 43.9 Å². The number of nitrogens with zero attached hydrogens (tertiary/aromatic N) is 1. The van der Waals surface area contributed by atoms with Gasteiger partial charge >= 0.3 is 12.0 Å². The Morgan fingerprint density at radius 3 is 2.47 bits per heavy atom. The van der Waals surface area contributed by atoms with Crippen LogP contribution in [0, 0.1) is 0 Å². The lowest BCUT2D eigenvalue weighted by Gasteiger charge is -2.35. The molecule has 1 atom stereocenters. The zero-order valence-electron chi connectivity index (χ0n) is 20.5. The van der Waals surface area contributed by atoms with Crippen LogP contribution in [-0.2, 0) is 9.53 Å². The van der Waals surface area contributed by atoms with Crippen molar-refractivity contribution in [2.75, 3.05) is 34.5 Å². The average molecular weight is 469 g/mol. The van der Waals surface area contributed by atoms with Crippen LogP contribution in [0.3, 0.4) is 0 Å². The van der Waals surface area contributed by atoms with Gasteiger partial charge in [0.1, 0.15) is 23.9 Å². The molecule has 0 radical (unpaired) electrons. The molecule has 2 aromatic carbocycles. The van der Waals surface area contributed by atoms with Crippen molar-refractivity contribution in [1.29, 1.82) is 0 Å². The summed E-state index contributed by atoms with van der Waals surface area (Å²) in [5.41, 5.74) is 2.30. The molecule has 0 aromatic heterocycles. The highest BCUT2D eigenvalue weighted by Crippen LogP contribution is 2.38. The molecule has 0 saturated carbocycles. The summed E-state index contributed by atoms with van der Waals surface area (Å²) in [6.07, 6.45) is 0. The third-order valence-electron chi connectivity index (χ3n) is 5.73. The Labute approximate surface area is 200 Å². The number of hydrogen-bond donors (Lipinski definition) is 1. The second-order valence-corrected chi connectivity index (χ2v) is 8.11. The molecular weight excluding hydrogens is 436 g/mol. The van der Waals surface area contributed by atoms with Gasteiger partial charge < -0.3 is 24.3 Å². The maximum absolute atomic E-state index is 13.2. The number of carbonyl (C=O) groups is 2. The van der Waals surface area contributed by atoms with E-state index in [9.17, 15) is 9.59 Å². The normalized spacial score (nSPS) is 15.8. The number of rotatable bonds is 9. The van der Waals surface area contributed by atoms with Crippen molar-refractivity contribution in [3.05, 3.63) is 64.9 Å². The van der Waals surface area contributed by atoms with Crippen LogP contribution in [0.4, 0.5) is 4.79 Å². The van der Waals surface area contributed by atoms with Crippen LogP contribution in [0.2, 0.25) is 0 Å². The number of urea groups is 1. The van der Waals surface area contributed by atoms with E-state index in [0.29, 0.717) is 28.5 Å². The molecule has 8 nitrogen and oxygen atoms in total. The van der Waals surface area contributed by atoms with E-state index in [1.807, 2.05) is 24.3 Å². The summed E-state index contributed by atoms with van der Waals surface area (Å²) in [6.45, 7) is 6.09. The van der Waals surface area contributed by atoms with Crippen molar-refractivity contribution in [2.24, 2.45) is 0 Å². The molecule has 0 saturated heterocycles. The monoisotopic (exact) mass is 468 g/mol. The van der Waals surface area contributed by atoms with Crippen molar-refractivity contribution in [2.45, 2.75) is 32.7 Å². The Bertz CT molecular complexity index is 1080. The molecule has 34 heavy (non-hydrogen) atoms. The second-order valence-electron chi connectivity index (χ2n) is 8.11. The number of nitrogens with one attached hydrogen (secondary N) is 1. The summed E-state index contributed by atoms with van der Waals surface area (Å²) in [5.74, 6) is 1.47. The highest BCUT2D eigenvalue weighted by molar-refractivity contribution is 5.95. The molecule has 1 aliphatic heterocycles. The number of ether oxygens (including phenoxy) is 4. The SMILES string of the molecule is CCOC(=O)C1=C(COc2ccccc2C(C)C)N(C)C(=O)N[C@@H]1c1cc(OC)ccc1OC. The number of methoxy groups -OCH3 is 2. The van der Waals surface area contributed by atoms with Crippen molar-refractivity contribution in [3.63, 3.8) is 0 Å². The highest BCUT2D eigenvalue weighted by Gasteiger charge is 2.38. The summed E-state index contributed by atoms with van der Waals surface area (Å²) in [4.78, 5) is 27.5. The highest BCUT2D eigenvalue weighted by atomic mass is 16.5. The molecule has 1 N–H and O–H groups in total. The van der Waals surface area contributed by atoms with Gasteiger partial charge in [-0.05, 0) is 42.7 Å². The number of carbonyl (C=O) groups excluding carboxylic acids is 2. The smallest absolute Gasteiger partial charge is 0.338 e. The Hall–Kier alpha value is -3.68. The van der Waals surface area contributed by atoms with Crippen molar-refractivity contribution in [3.8, 4) is 17.2 Å². The van der Waals surface area contributed by atoms with Gasteiger partial charge in [-0.1, -0.05) is 32.0 Å². The molecule has 2 aromatic rings. The Morgan fingerprint density at radius 2 is 1.82 bits per heavy atom. The van der Waals surface area contributed by atoms with Crippen LogP contribution >= 0.6 is 0 Å². The predicted molar refractivity (Wildman–Crippen MR) is 128 cm³/mol. The topological polar surface area (TPSA) is 86.3 Å². The van der Waals surface area contributed by atoms with Crippen LogP contribution in [0.25, 0.3) is 0 Å². The molecule has 0 unspecified atom stereocenters. The van der Waals surface area contributed by atoms with Gasteiger partial charge in [0.05, 0.1) is 38.1 Å². The van der Waals surface area contributed by atoms with E-state index in [0.717, 1.165) is 5.56 Å². The van der Waals surface area contributed by atoms with Crippen molar-refractivity contribution >= 4 is 12.0 Å². The van der Waals surface area contributed by atoms with E-state index in [4.69, 9.17) is 18.9 Å². The predicted octanol–water partition coefficient (Wildman–Crippen LogP) is 4.42. The molecule has 2 amide bonds. The van der Waals surface area contributed by atoms with E-state index in [1.165, 1.54) is 12.0 Å². The number of likely N-dealkylation sites (N-methyl/N-ethyl adjacent to an activating group) is 1. The van der Waals surface area contributed by atoms with Crippen LogP contribution in [0.15, 0.2) is 53.7 Å². The first-order chi connectivity index (χ1) is 16.3. The molecular formula is C26H32N2O6. The summed E-state index contributed by atoms with van der Waals surface area (Å²) in [6, 6.07) is 11.8. The molecule has 1 heterocycles. The number of amides is 2. The van der Waals surface area contributed by atoms with Crippen molar-refractivity contribution < 1.29 is 28.5 Å². The van der Waals surface area contributed by atoms with Gasteiger partial charge in [0, 0.05) is 12.6 Å². The fraction of sp³-hybridized carbons (Fsp3) is 0.385. The van der Waals surface area contributed by atoms with E-state index < -0.39 is 12.0 Å². The maximum Gasteiger partial charge on any atom is 0.338 e. The zero-order valence-corrected chi connectivity index (χ0v) is 20.5. The fourth-order valence-electron chi connectivity index (χ4n) is 3.91. The van der Waals surface area contributed by atoms with Gasteiger partial charge in [-0.3, -0.25) is 4.90 Å². The average Bonchev–Trinajstić information content (AvgIpc) is 2.84. The van der Waals surface area contributed by atoms with E-state index in [2.05, 4.69) is 19.2 Å². The molecule has 8 heteroatoms. The lowest BCUT2D eigenvalue weighted by Crippen LogP contribution is -2.48. The molecule has 3 rings (SSSR count). The molecule has 0 spiro atoms. The number of esters is 1. The first-order valence-electron chi connectivity index (χ1n) is 11.2. The molecule has 182 valence electrons. The maximum atomic E-state index is 13.2. The van der Waals surface area contributed by atoms with Crippen LogP contribution in [-0.4, -0.2) is 51.4 Å². The fourth-order valence-corrected chi connectivity index (χ4v) is 3.91. The van der Waals surface area contributed by atoms with E-state index in [-0.39, 0.29) is 30.7 Å². The number of para-hydroxylation sites is 1. The summed E-state index contributed by atoms with van der Waals surface area (Å²) < 4.78 is 22.4. The Balaban J connectivity index is 2.12. The van der Waals surface area contributed by atoms with Gasteiger partial charge in [0.15, 0.2) is 0 Å². The third kappa shape index (κ3) is 5.11. The summed E-state index contributed by atoms with van der Waals surface area (Å²) in [5, 5.41) is 2.89. The minimum atomic E-state index is -0.813. The standard InChI is InChI=1S/C26H32N2O6/c1-7-33-25(29)23-20(15-34-22-11-9-8-10-18(22)16(2)3)28(4)26(30)27-24(23)19-14-17(31-5)12-13-21(19)32-6/h8-14,16,24H,7,15H2,1-6H3,(H,27,30)/t24-/m1/s1.